The average Bonchev–Trinajstić information content (AvgIpc) is 3.45. The lowest BCUT2D eigenvalue weighted by Crippen LogP contribution is -2.29. The Morgan fingerprint density at radius 2 is 1.74 bits per heavy atom. The van der Waals surface area contributed by atoms with Gasteiger partial charge in [-0.15, -0.1) is 0 Å². The van der Waals surface area contributed by atoms with Crippen LogP contribution in [0.15, 0.2) is 47.5 Å². The third kappa shape index (κ3) is 2.58. The summed E-state index contributed by atoms with van der Waals surface area (Å²) >= 11 is 0. The number of hydrogen-bond acceptors (Lipinski definition) is 4. The van der Waals surface area contributed by atoms with Gasteiger partial charge in [0.1, 0.15) is 0 Å². The van der Waals surface area contributed by atoms with Crippen molar-refractivity contribution in [2.24, 2.45) is 0 Å². The number of aryl methyl sites for hydroxylation is 2. The van der Waals surface area contributed by atoms with Gasteiger partial charge in [0.15, 0.2) is 5.79 Å². The number of fused-ring (bicyclic) bond motifs is 10. The zero-order valence-corrected chi connectivity index (χ0v) is 19.1. The molecule has 2 heterocycles. The number of rotatable bonds is 3. The van der Waals surface area contributed by atoms with Crippen molar-refractivity contribution >= 4 is 20.9 Å². The Kier molecular flexibility index (Phi) is 3.91. The predicted molar refractivity (Wildman–Crippen MR) is 119 cm³/mol. The predicted octanol–water partition coefficient (Wildman–Crippen LogP) is 4.85. The Hall–Kier alpha value is -2.15. The van der Waals surface area contributed by atoms with Gasteiger partial charge in [-0.05, 0) is 68.5 Å². The highest BCUT2D eigenvalue weighted by atomic mass is 32.2. The molecule has 1 aliphatic heterocycles. The number of benzene rings is 2. The first kappa shape index (κ1) is 19.5. The second-order valence-corrected chi connectivity index (χ2v) is 11.4. The van der Waals surface area contributed by atoms with Crippen molar-refractivity contribution in [3.05, 3.63) is 64.8 Å². The minimum atomic E-state index is -3.70. The van der Waals surface area contributed by atoms with Crippen LogP contribution in [0.5, 0.6) is 0 Å². The van der Waals surface area contributed by atoms with E-state index in [0.717, 1.165) is 34.9 Å². The second-order valence-electron chi connectivity index (χ2n) is 9.60. The van der Waals surface area contributed by atoms with E-state index in [0.29, 0.717) is 4.90 Å². The summed E-state index contributed by atoms with van der Waals surface area (Å²) in [5.41, 5.74) is 5.44. The topological polar surface area (TPSA) is 57.5 Å². The molecule has 6 rings (SSSR count). The third-order valence-electron chi connectivity index (χ3n) is 7.29. The van der Waals surface area contributed by atoms with E-state index in [1.165, 1.54) is 15.1 Å². The van der Waals surface area contributed by atoms with Crippen molar-refractivity contribution in [2.75, 3.05) is 0 Å². The van der Waals surface area contributed by atoms with Crippen molar-refractivity contribution in [3.8, 4) is 0 Å². The van der Waals surface area contributed by atoms with Crippen LogP contribution in [0.4, 0.5) is 0 Å². The standard InChI is InChI=1S/C25H27NO4S/c1-5-15-12-18-19-13-20(24-23(19)29-25(3,4)30-24)21(18)22-17(15)10-11-26(22)31(27,28)16-8-6-14(2)7-9-16/h6-12,19-20,23-24H,5,13H2,1-4H3/t19-,20+,23?,24?/m0/s1. The van der Waals surface area contributed by atoms with E-state index in [4.69, 9.17) is 9.47 Å². The summed E-state index contributed by atoms with van der Waals surface area (Å²) in [6.45, 7) is 8.02. The van der Waals surface area contributed by atoms with Crippen LogP contribution in [0.1, 0.15) is 61.3 Å². The third-order valence-corrected chi connectivity index (χ3v) is 8.98. The molecular formula is C25H27NO4S. The van der Waals surface area contributed by atoms with Gasteiger partial charge in [0.2, 0.25) is 0 Å². The molecule has 0 spiro atoms. The summed E-state index contributed by atoms with van der Waals surface area (Å²) in [6.07, 6.45) is 3.56. The lowest BCUT2D eigenvalue weighted by Gasteiger charge is -2.27. The molecule has 1 aromatic heterocycles. The highest BCUT2D eigenvalue weighted by Gasteiger charge is 2.59. The number of hydrogen-bond donors (Lipinski definition) is 0. The van der Waals surface area contributed by atoms with Crippen LogP contribution in [-0.2, 0) is 25.9 Å². The van der Waals surface area contributed by atoms with Crippen LogP contribution >= 0.6 is 0 Å². The number of ether oxygens (including phenoxy) is 2. The molecule has 1 saturated carbocycles. The molecule has 3 aliphatic rings. The Balaban J connectivity index is 1.59. The van der Waals surface area contributed by atoms with Crippen molar-refractivity contribution in [1.29, 1.82) is 0 Å². The molecule has 162 valence electrons. The summed E-state index contributed by atoms with van der Waals surface area (Å²) in [4.78, 5) is 0.314. The highest BCUT2D eigenvalue weighted by Crippen LogP contribution is 2.61. The van der Waals surface area contributed by atoms with Gasteiger partial charge in [0.25, 0.3) is 10.0 Å². The fourth-order valence-corrected chi connectivity index (χ4v) is 7.36. The molecule has 6 heteroatoms. The van der Waals surface area contributed by atoms with Gasteiger partial charge in [0, 0.05) is 23.4 Å². The molecule has 2 unspecified atom stereocenters. The zero-order valence-electron chi connectivity index (χ0n) is 18.3. The molecule has 0 amide bonds. The fraction of sp³-hybridized carbons (Fsp3) is 0.440. The van der Waals surface area contributed by atoms with E-state index >= 15 is 0 Å². The van der Waals surface area contributed by atoms with Gasteiger partial charge in [-0.3, -0.25) is 0 Å². The Labute approximate surface area is 183 Å². The van der Waals surface area contributed by atoms with E-state index < -0.39 is 15.8 Å². The first-order valence-corrected chi connectivity index (χ1v) is 12.5. The van der Waals surface area contributed by atoms with Crippen LogP contribution in [0.3, 0.4) is 0 Å². The first-order valence-electron chi connectivity index (χ1n) is 11.1. The molecule has 0 radical (unpaired) electrons. The molecule has 2 fully saturated rings. The molecule has 4 atom stereocenters. The second kappa shape index (κ2) is 6.21. The van der Waals surface area contributed by atoms with Gasteiger partial charge in [-0.1, -0.05) is 30.7 Å². The van der Waals surface area contributed by atoms with Crippen LogP contribution in [0.2, 0.25) is 0 Å². The SMILES string of the molecule is CCc1cc2c(c3c1ccn3S(=O)(=O)c1ccc(C)cc1)[C@H]1C[C@@H]2C2OC(C)(C)OC21. The van der Waals surface area contributed by atoms with Gasteiger partial charge in [-0.25, -0.2) is 12.4 Å². The maximum Gasteiger partial charge on any atom is 0.268 e. The Morgan fingerprint density at radius 1 is 1.06 bits per heavy atom. The zero-order chi connectivity index (χ0) is 21.7. The molecular weight excluding hydrogens is 410 g/mol. The molecule has 5 nitrogen and oxygen atoms in total. The molecule has 2 bridgehead atoms. The molecule has 2 aliphatic carbocycles. The Bertz CT molecular complexity index is 1320. The fourth-order valence-electron chi connectivity index (χ4n) is 6.00. The van der Waals surface area contributed by atoms with E-state index in [1.807, 2.05) is 39.0 Å². The normalized spacial score (nSPS) is 28.3. The summed E-state index contributed by atoms with van der Waals surface area (Å²) in [7, 11) is -3.70. The van der Waals surface area contributed by atoms with E-state index in [1.54, 1.807) is 18.3 Å². The lowest BCUT2D eigenvalue weighted by molar-refractivity contribution is -0.153. The van der Waals surface area contributed by atoms with Crippen LogP contribution in [0, 0.1) is 6.92 Å². The van der Waals surface area contributed by atoms with E-state index in [2.05, 4.69) is 13.0 Å². The molecule has 3 aromatic rings. The minimum Gasteiger partial charge on any atom is -0.344 e. The number of aromatic nitrogens is 1. The quantitative estimate of drug-likeness (QED) is 0.588. The minimum absolute atomic E-state index is 0.0198. The lowest BCUT2D eigenvalue weighted by atomic mass is 9.84. The largest absolute Gasteiger partial charge is 0.344 e. The van der Waals surface area contributed by atoms with Gasteiger partial charge >= 0.3 is 0 Å². The molecule has 1 saturated heterocycles. The van der Waals surface area contributed by atoms with Gasteiger partial charge < -0.3 is 9.47 Å². The van der Waals surface area contributed by atoms with Crippen molar-refractivity contribution in [2.45, 2.75) is 75.3 Å². The smallest absolute Gasteiger partial charge is 0.268 e. The summed E-state index contributed by atoms with van der Waals surface area (Å²) < 4.78 is 41.4. The van der Waals surface area contributed by atoms with Crippen LogP contribution in [-0.4, -0.2) is 30.4 Å². The first-order chi connectivity index (χ1) is 14.7. The summed E-state index contributed by atoms with van der Waals surface area (Å²) in [5, 5.41) is 1.03. The summed E-state index contributed by atoms with van der Waals surface area (Å²) in [5.74, 6) is -0.189. The molecule has 31 heavy (non-hydrogen) atoms. The number of nitrogens with zero attached hydrogens (tertiary/aromatic N) is 1. The Morgan fingerprint density at radius 3 is 2.42 bits per heavy atom. The summed E-state index contributed by atoms with van der Waals surface area (Å²) in [6, 6.07) is 11.3. The molecule has 2 aromatic carbocycles. The van der Waals surface area contributed by atoms with E-state index in [9.17, 15) is 8.42 Å². The van der Waals surface area contributed by atoms with Crippen molar-refractivity contribution in [1.82, 2.24) is 3.97 Å². The maximum absolute atomic E-state index is 13.7. The molecule has 0 N–H and O–H groups in total. The highest BCUT2D eigenvalue weighted by molar-refractivity contribution is 7.90. The van der Waals surface area contributed by atoms with Crippen LogP contribution in [0.25, 0.3) is 10.9 Å². The van der Waals surface area contributed by atoms with Gasteiger partial charge in [-0.2, -0.15) is 0 Å². The van der Waals surface area contributed by atoms with Crippen LogP contribution < -0.4 is 0 Å². The monoisotopic (exact) mass is 437 g/mol. The average molecular weight is 438 g/mol. The maximum atomic E-state index is 13.7. The van der Waals surface area contributed by atoms with Crippen molar-refractivity contribution in [3.63, 3.8) is 0 Å². The van der Waals surface area contributed by atoms with E-state index in [-0.39, 0.29) is 24.0 Å². The van der Waals surface area contributed by atoms with Gasteiger partial charge in [0.05, 0.1) is 22.6 Å². The van der Waals surface area contributed by atoms with Crippen molar-refractivity contribution < 1.29 is 17.9 Å².